The second-order valence-corrected chi connectivity index (χ2v) is 11.5. The number of anilines is 1. The second-order valence-electron chi connectivity index (χ2n) is 11.5. The molecule has 1 aromatic rings. The summed E-state index contributed by atoms with van der Waals surface area (Å²) in [5.74, 6) is 0.803. The van der Waals surface area contributed by atoms with Crippen molar-refractivity contribution in [3.05, 3.63) is 23.4 Å². The highest BCUT2D eigenvalue weighted by molar-refractivity contribution is 5.97. The Labute approximate surface area is 225 Å². The lowest BCUT2D eigenvalue weighted by Crippen LogP contribution is -2.61. The predicted octanol–water partition coefficient (Wildman–Crippen LogP) is 2.35. The number of fused-ring (bicyclic) bond motifs is 1. The summed E-state index contributed by atoms with van der Waals surface area (Å²) in [5.41, 5.74) is 6.64. The van der Waals surface area contributed by atoms with Crippen LogP contribution in [0.1, 0.15) is 69.0 Å². The summed E-state index contributed by atoms with van der Waals surface area (Å²) >= 11 is 0. The van der Waals surface area contributed by atoms with E-state index in [1.165, 1.54) is 19.3 Å². The maximum Gasteiger partial charge on any atom is 0.318 e. The van der Waals surface area contributed by atoms with Crippen LogP contribution in [0.2, 0.25) is 0 Å². The number of amides is 4. The number of urea groups is 1. The number of nitrogens with two attached hydrogens (primary N) is 1. The van der Waals surface area contributed by atoms with E-state index in [0.29, 0.717) is 64.0 Å². The number of nitrogens with zero attached hydrogens (tertiary/aromatic N) is 3. The van der Waals surface area contributed by atoms with Crippen molar-refractivity contribution in [3.8, 4) is 0 Å². The van der Waals surface area contributed by atoms with Crippen LogP contribution in [-0.4, -0.2) is 77.1 Å². The molecule has 4 N–H and O–H groups in total. The second kappa shape index (κ2) is 11.5. The SMILES string of the molecule is Cc1nc(N)ccc1CNC(=O)[C@]12C[C@H]1CCCN2C(=O)[C@@H](CC1CCCCC1)NC(=O)N1CCOCC1. The summed E-state index contributed by atoms with van der Waals surface area (Å²) in [7, 11) is 0. The maximum absolute atomic E-state index is 14.2. The average molecular weight is 527 g/mol. The summed E-state index contributed by atoms with van der Waals surface area (Å²) < 4.78 is 5.39. The first-order valence-electron chi connectivity index (χ1n) is 14.3. The Hall–Kier alpha value is -2.88. The third kappa shape index (κ3) is 5.60. The monoisotopic (exact) mass is 526 g/mol. The van der Waals surface area contributed by atoms with Crippen LogP contribution >= 0.6 is 0 Å². The lowest BCUT2D eigenvalue weighted by molar-refractivity contribution is -0.146. The zero-order chi connectivity index (χ0) is 26.7. The van der Waals surface area contributed by atoms with Gasteiger partial charge in [0.2, 0.25) is 11.8 Å². The van der Waals surface area contributed by atoms with Gasteiger partial charge in [0, 0.05) is 31.9 Å². The van der Waals surface area contributed by atoms with Crippen LogP contribution in [0.15, 0.2) is 12.1 Å². The zero-order valence-corrected chi connectivity index (χ0v) is 22.5. The van der Waals surface area contributed by atoms with Gasteiger partial charge in [0.25, 0.3) is 0 Å². The molecule has 0 unspecified atom stereocenters. The van der Waals surface area contributed by atoms with E-state index >= 15 is 0 Å². The lowest BCUT2D eigenvalue weighted by atomic mass is 9.84. The van der Waals surface area contributed by atoms with E-state index in [0.717, 1.165) is 36.9 Å². The van der Waals surface area contributed by atoms with Gasteiger partial charge in [-0.15, -0.1) is 0 Å². The molecule has 4 amide bonds. The maximum atomic E-state index is 14.2. The number of carbonyl (C=O) groups excluding carboxylic acids is 3. The number of aromatic nitrogens is 1. The number of aryl methyl sites for hydroxylation is 1. The van der Waals surface area contributed by atoms with Gasteiger partial charge in [0.1, 0.15) is 17.4 Å². The van der Waals surface area contributed by atoms with Crippen LogP contribution < -0.4 is 16.4 Å². The first-order chi connectivity index (χ1) is 18.4. The molecule has 10 nitrogen and oxygen atoms in total. The van der Waals surface area contributed by atoms with Gasteiger partial charge in [-0.2, -0.15) is 0 Å². The smallest absolute Gasteiger partial charge is 0.318 e. The van der Waals surface area contributed by atoms with Crippen LogP contribution in [0.25, 0.3) is 0 Å². The highest BCUT2D eigenvalue weighted by atomic mass is 16.5. The number of hydrogen-bond donors (Lipinski definition) is 3. The number of hydrogen-bond acceptors (Lipinski definition) is 6. The summed E-state index contributed by atoms with van der Waals surface area (Å²) in [6.07, 6.45) is 8.85. The number of likely N-dealkylation sites (tertiary alicyclic amines) is 1. The van der Waals surface area contributed by atoms with Crippen LogP contribution in [0.3, 0.4) is 0 Å². The minimum Gasteiger partial charge on any atom is -0.384 e. The minimum absolute atomic E-state index is 0.109. The highest BCUT2D eigenvalue weighted by Crippen LogP contribution is 2.54. The number of ether oxygens (including phenoxy) is 1. The van der Waals surface area contributed by atoms with Crippen LogP contribution in [0, 0.1) is 18.8 Å². The Kier molecular flexibility index (Phi) is 8.07. The fraction of sp³-hybridized carbons (Fsp3) is 0.714. The fourth-order valence-electron chi connectivity index (χ4n) is 6.69. The molecule has 1 aromatic heterocycles. The van der Waals surface area contributed by atoms with E-state index < -0.39 is 11.6 Å². The quantitative estimate of drug-likeness (QED) is 0.500. The Morgan fingerprint density at radius 3 is 2.61 bits per heavy atom. The van der Waals surface area contributed by atoms with Crippen molar-refractivity contribution >= 4 is 23.7 Å². The van der Waals surface area contributed by atoms with Crippen molar-refractivity contribution in [2.45, 2.75) is 82.8 Å². The number of carbonyl (C=O) groups is 3. The number of rotatable bonds is 7. The van der Waals surface area contributed by atoms with Gasteiger partial charge in [-0.05, 0) is 56.1 Å². The molecule has 4 aliphatic rings. The van der Waals surface area contributed by atoms with Gasteiger partial charge in [0.05, 0.1) is 13.2 Å². The van der Waals surface area contributed by atoms with E-state index in [-0.39, 0.29) is 23.8 Å². The molecule has 0 bridgehead atoms. The number of morpholine rings is 1. The van der Waals surface area contributed by atoms with E-state index in [4.69, 9.17) is 10.5 Å². The zero-order valence-electron chi connectivity index (χ0n) is 22.5. The van der Waals surface area contributed by atoms with E-state index in [2.05, 4.69) is 15.6 Å². The van der Waals surface area contributed by atoms with Crippen molar-refractivity contribution in [2.24, 2.45) is 11.8 Å². The molecule has 2 aliphatic carbocycles. The summed E-state index contributed by atoms with van der Waals surface area (Å²) in [6.45, 7) is 4.82. The Morgan fingerprint density at radius 1 is 1.11 bits per heavy atom. The first-order valence-corrected chi connectivity index (χ1v) is 14.3. The molecule has 4 fully saturated rings. The Balaban J connectivity index is 1.31. The van der Waals surface area contributed by atoms with Crippen molar-refractivity contribution in [3.63, 3.8) is 0 Å². The summed E-state index contributed by atoms with van der Waals surface area (Å²) in [5, 5.41) is 6.17. The molecular formula is C28H42N6O4. The first kappa shape index (κ1) is 26.7. The average Bonchev–Trinajstić information content (AvgIpc) is 3.69. The Bertz CT molecular complexity index is 1040. The van der Waals surface area contributed by atoms with E-state index in [9.17, 15) is 14.4 Å². The molecule has 208 valence electrons. The van der Waals surface area contributed by atoms with Gasteiger partial charge >= 0.3 is 6.03 Å². The van der Waals surface area contributed by atoms with Crippen molar-refractivity contribution in [1.29, 1.82) is 0 Å². The van der Waals surface area contributed by atoms with Gasteiger partial charge in [0.15, 0.2) is 0 Å². The van der Waals surface area contributed by atoms with Crippen molar-refractivity contribution in [1.82, 2.24) is 25.4 Å². The lowest BCUT2D eigenvalue weighted by Gasteiger charge is -2.39. The summed E-state index contributed by atoms with van der Waals surface area (Å²) in [6, 6.07) is 2.78. The molecule has 0 spiro atoms. The molecule has 2 saturated carbocycles. The summed E-state index contributed by atoms with van der Waals surface area (Å²) in [4.78, 5) is 48.8. The largest absolute Gasteiger partial charge is 0.384 e. The third-order valence-electron chi connectivity index (χ3n) is 8.99. The standard InChI is InChI=1S/C28H42N6O4/c1-19-21(9-10-24(29)31-19)18-30-26(36)28-17-22(28)8-5-11-34(28)25(35)23(16-20-6-3-2-4-7-20)32-27(37)33-12-14-38-15-13-33/h9-10,20,22-23H,2-8,11-18H2,1H3,(H2,29,31)(H,30,36)(H,32,37)/t22-,23-,28+/m1/s1. The molecular weight excluding hydrogens is 484 g/mol. The molecule has 3 atom stereocenters. The molecule has 2 saturated heterocycles. The molecule has 2 aliphatic heterocycles. The normalized spacial score (nSPS) is 26.3. The molecule has 3 heterocycles. The Morgan fingerprint density at radius 2 is 1.87 bits per heavy atom. The van der Waals surface area contributed by atoms with Crippen molar-refractivity contribution in [2.75, 3.05) is 38.6 Å². The van der Waals surface area contributed by atoms with Gasteiger partial charge in [-0.3, -0.25) is 9.59 Å². The molecule has 5 rings (SSSR count). The van der Waals surface area contributed by atoms with Gasteiger partial charge in [-0.25, -0.2) is 9.78 Å². The number of pyridine rings is 1. The molecule has 0 aromatic carbocycles. The minimum atomic E-state index is -0.820. The number of piperidine rings is 1. The van der Waals surface area contributed by atoms with E-state index in [1.54, 1.807) is 15.9 Å². The number of nitrogens with one attached hydrogen (secondary N) is 2. The number of nitrogen functional groups attached to an aromatic ring is 1. The topological polar surface area (TPSA) is 130 Å². The van der Waals surface area contributed by atoms with Crippen LogP contribution in [-0.2, 0) is 20.9 Å². The fourth-order valence-corrected chi connectivity index (χ4v) is 6.69. The van der Waals surface area contributed by atoms with E-state index in [1.807, 2.05) is 13.0 Å². The van der Waals surface area contributed by atoms with Crippen molar-refractivity contribution < 1.29 is 19.1 Å². The highest BCUT2D eigenvalue weighted by Gasteiger charge is 2.66. The van der Waals surface area contributed by atoms with Crippen LogP contribution in [0.5, 0.6) is 0 Å². The van der Waals surface area contributed by atoms with Gasteiger partial charge < -0.3 is 30.9 Å². The molecule has 38 heavy (non-hydrogen) atoms. The molecule has 10 heteroatoms. The molecule has 0 radical (unpaired) electrons. The van der Waals surface area contributed by atoms with Crippen LogP contribution in [0.4, 0.5) is 10.6 Å². The third-order valence-corrected chi connectivity index (χ3v) is 8.99. The van der Waals surface area contributed by atoms with Gasteiger partial charge in [-0.1, -0.05) is 38.2 Å². The predicted molar refractivity (Wildman–Crippen MR) is 143 cm³/mol.